The van der Waals surface area contributed by atoms with Gasteiger partial charge in [0.2, 0.25) is 0 Å². The second kappa shape index (κ2) is 4.97. The van der Waals surface area contributed by atoms with E-state index in [1.807, 2.05) is 39.3 Å². The van der Waals surface area contributed by atoms with Crippen LogP contribution in [-0.4, -0.2) is 16.6 Å². The molecule has 0 aliphatic carbocycles. The first-order valence-electron chi connectivity index (χ1n) is 4.78. The summed E-state index contributed by atoms with van der Waals surface area (Å²) in [6, 6.07) is 0. The Bertz CT molecular complexity index is 247. The Kier molecular flexibility index (Phi) is 5.01. The summed E-state index contributed by atoms with van der Waals surface area (Å²) in [6.45, 7) is 15.0. The molecule has 0 amide bonds. The van der Waals surface area contributed by atoms with Crippen molar-refractivity contribution in [3.05, 3.63) is 12.8 Å². The molecular formula is C8H21O4PSi2. The largest absolute Gasteiger partial charge is 0.509 e. The van der Waals surface area contributed by atoms with Crippen LogP contribution in [0.15, 0.2) is 12.8 Å². The first kappa shape index (κ1) is 15.1. The Morgan fingerprint density at radius 2 is 1.33 bits per heavy atom. The van der Waals surface area contributed by atoms with E-state index in [1.165, 1.54) is 0 Å². The van der Waals surface area contributed by atoms with Crippen LogP contribution in [0.3, 0.4) is 0 Å². The van der Waals surface area contributed by atoms with Gasteiger partial charge >= 0.3 is 7.82 Å². The van der Waals surface area contributed by atoms with Gasteiger partial charge in [0.25, 0.3) is 0 Å². The van der Waals surface area contributed by atoms with Gasteiger partial charge in [0.1, 0.15) is 0 Å². The van der Waals surface area contributed by atoms with E-state index < -0.39 is 24.5 Å². The third kappa shape index (κ3) is 7.99. The molecule has 15 heavy (non-hydrogen) atoms. The molecule has 0 saturated carbocycles. The minimum Gasteiger partial charge on any atom is -0.414 e. The molecule has 0 radical (unpaired) electrons. The minimum atomic E-state index is -3.46. The maximum Gasteiger partial charge on any atom is 0.509 e. The zero-order chi connectivity index (χ0) is 12.3. The van der Waals surface area contributed by atoms with Crippen molar-refractivity contribution in [1.29, 1.82) is 0 Å². The van der Waals surface area contributed by atoms with E-state index in [4.69, 9.17) is 12.9 Å². The molecule has 0 heterocycles. The van der Waals surface area contributed by atoms with Crippen molar-refractivity contribution >= 4 is 24.5 Å². The van der Waals surface area contributed by atoms with Gasteiger partial charge < -0.3 is 12.9 Å². The summed E-state index contributed by atoms with van der Waals surface area (Å²) < 4.78 is 28.0. The Labute approximate surface area is 94.5 Å². The van der Waals surface area contributed by atoms with Crippen molar-refractivity contribution in [1.82, 2.24) is 0 Å². The Balaban J connectivity index is 4.75. The van der Waals surface area contributed by atoms with Crippen molar-refractivity contribution in [2.75, 3.05) is 0 Å². The van der Waals surface area contributed by atoms with Crippen LogP contribution in [0.1, 0.15) is 0 Å². The summed E-state index contributed by atoms with van der Waals surface area (Å²) in [7, 11) is -7.39. The van der Waals surface area contributed by atoms with Crippen LogP contribution in [0.2, 0.25) is 39.3 Å². The van der Waals surface area contributed by atoms with Gasteiger partial charge in [-0.1, -0.05) is 6.58 Å². The molecule has 0 aliphatic rings. The van der Waals surface area contributed by atoms with Crippen LogP contribution < -0.4 is 0 Å². The van der Waals surface area contributed by atoms with E-state index in [1.54, 1.807) is 0 Å². The fourth-order valence-corrected chi connectivity index (χ4v) is 7.20. The van der Waals surface area contributed by atoms with Crippen LogP contribution in [0.5, 0.6) is 0 Å². The van der Waals surface area contributed by atoms with E-state index in [9.17, 15) is 4.57 Å². The van der Waals surface area contributed by atoms with Crippen molar-refractivity contribution in [2.45, 2.75) is 39.3 Å². The fraction of sp³-hybridized carbons (Fsp3) is 0.750. The summed E-state index contributed by atoms with van der Waals surface area (Å²) in [4.78, 5) is 0. The SMILES string of the molecule is C=COP(=O)(O[Si](C)(C)C)O[Si](C)(C)C. The zero-order valence-corrected chi connectivity index (χ0v) is 13.3. The summed E-state index contributed by atoms with van der Waals surface area (Å²) in [5, 5.41) is 0. The first-order chi connectivity index (χ1) is 6.47. The smallest absolute Gasteiger partial charge is 0.414 e. The lowest BCUT2D eigenvalue weighted by atomic mass is 11.2. The molecule has 0 atom stereocenters. The predicted octanol–water partition coefficient (Wildman–Crippen LogP) is 3.96. The quantitative estimate of drug-likeness (QED) is 0.415. The molecule has 0 aromatic heterocycles. The number of hydrogen-bond acceptors (Lipinski definition) is 4. The van der Waals surface area contributed by atoms with Gasteiger partial charge in [-0.05, 0) is 39.3 Å². The molecule has 0 N–H and O–H groups in total. The number of phosphoric acid groups is 1. The van der Waals surface area contributed by atoms with Crippen LogP contribution in [0.25, 0.3) is 0 Å². The zero-order valence-electron chi connectivity index (χ0n) is 10.4. The van der Waals surface area contributed by atoms with Gasteiger partial charge in [-0.25, -0.2) is 4.57 Å². The van der Waals surface area contributed by atoms with Crippen molar-refractivity contribution in [2.24, 2.45) is 0 Å². The minimum absolute atomic E-state index is 1.11. The lowest BCUT2D eigenvalue weighted by Crippen LogP contribution is -2.30. The fourth-order valence-electron chi connectivity index (χ4n) is 0.824. The summed E-state index contributed by atoms with van der Waals surface area (Å²) in [5.74, 6) is 0. The highest BCUT2D eigenvalue weighted by Crippen LogP contribution is 2.54. The Morgan fingerprint density at radius 1 is 1.00 bits per heavy atom. The highest BCUT2D eigenvalue weighted by atomic mass is 31.2. The maximum absolute atomic E-state index is 12.2. The average Bonchev–Trinajstić information content (AvgIpc) is 1.74. The third-order valence-corrected chi connectivity index (χ3v) is 7.55. The van der Waals surface area contributed by atoms with E-state index >= 15 is 0 Å². The molecule has 90 valence electrons. The molecule has 0 bridgehead atoms. The predicted molar refractivity (Wildman–Crippen MR) is 67.8 cm³/mol. The van der Waals surface area contributed by atoms with E-state index in [2.05, 4.69) is 6.58 Å². The second-order valence-corrected chi connectivity index (χ2v) is 16.1. The summed E-state index contributed by atoms with van der Waals surface area (Å²) >= 11 is 0. The van der Waals surface area contributed by atoms with Crippen molar-refractivity contribution in [3.8, 4) is 0 Å². The van der Waals surface area contributed by atoms with Crippen LogP contribution in [0.4, 0.5) is 0 Å². The Morgan fingerprint density at radius 3 is 1.53 bits per heavy atom. The highest BCUT2D eigenvalue weighted by Gasteiger charge is 2.38. The molecular weight excluding hydrogens is 247 g/mol. The standard InChI is InChI=1S/C8H21O4PSi2/c1-8-10-13(9,11-14(2,3)4)12-15(5,6)7/h8H,1H2,2-7H3. The van der Waals surface area contributed by atoms with Crippen LogP contribution in [-0.2, 0) is 17.5 Å². The summed E-state index contributed by atoms with van der Waals surface area (Å²) in [5.41, 5.74) is 0. The van der Waals surface area contributed by atoms with E-state index in [0.29, 0.717) is 0 Å². The van der Waals surface area contributed by atoms with Gasteiger partial charge in [0.15, 0.2) is 16.6 Å². The van der Waals surface area contributed by atoms with E-state index in [-0.39, 0.29) is 0 Å². The van der Waals surface area contributed by atoms with Gasteiger partial charge in [0, 0.05) is 0 Å². The highest BCUT2D eigenvalue weighted by molar-refractivity contribution is 7.52. The average molecular weight is 268 g/mol. The van der Waals surface area contributed by atoms with Gasteiger partial charge in [-0.15, -0.1) is 0 Å². The molecule has 0 saturated heterocycles. The molecule has 0 spiro atoms. The molecule has 0 aliphatic heterocycles. The molecule has 4 nitrogen and oxygen atoms in total. The van der Waals surface area contributed by atoms with Crippen molar-refractivity contribution < 1.29 is 17.5 Å². The lowest BCUT2D eigenvalue weighted by Gasteiger charge is -2.28. The third-order valence-electron chi connectivity index (χ3n) is 0.975. The number of hydrogen-bond donors (Lipinski definition) is 0. The number of rotatable bonds is 6. The molecule has 0 fully saturated rings. The normalized spacial score (nSPS) is 13.7. The monoisotopic (exact) mass is 268 g/mol. The molecule has 0 aromatic carbocycles. The lowest BCUT2D eigenvalue weighted by molar-refractivity contribution is 0.270. The van der Waals surface area contributed by atoms with Crippen LogP contribution >= 0.6 is 7.82 Å². The molecule has 7 heteroatoms. The van der Waals surface area contributed by atoms with Gasteiger partial charge in [0.05, 0.1) is 6.26 Å². The molecule has 0 aromatic rings. The Hall–Kier alpha value is 0.124. The van der Waals surface area contributed by atoms with E-state index in [0.717, 1.165) is 6.26 Å². The maximum atomic E-state index is 12.2. The van der Waals surface area contributed by atoms with Crippen LogP contribution in [0, 0.1) is 0 Å². The molecule has 0 rings (SSSR count). The summed E-state index contributed by atoms with van der Waals surface area (Å²) in [6.07, 6.45) is 1.11. The van der Waals surface area contributed by atoms with Gasteiger partial charge in [-0.2, -0.15) is 0 Å². The molecule has 0 unspecified atom stereocenters. The topological polar surface area (TPSA) is 44.8 Å². The van der Waals surface area contributed by atoms with Gasteiger partial charge in [-0.3, -0.25) is 0 Å². The van der Waals surface area contributed by atoms with Crippen molar-refractivity contribution in [3.63, 3.8) is 0 Å². The second-order valence-electron chi connectivity index (χ2n) is 5.13. The first-order valence-corrected chi connectivity index (χ1v) is 13.1.